The van der Waals surface area contributed by atoms with Gasteiger partial charge in [-0.3, -0.25) is 9.59 Å². The molecule has 2 aromatic carbocycles. The second-order valence-electron chi connectivity index (χ2n) is 9.86. The molecule has 7 nitrogen and oxygen atoms in total. The highest BCUT2D eigenvalue weighted by atomic mass is 19.1. The zero-order valence-electron chi connectivity index (χ0n) is 20.6. The van der Waals surface area contributed by atoms with Gasteiger partial charge in [0.1, 0.15) is 5.82 Å². The van der Waals surface area contributed by atoms with E-state index in [1.807, 2.05) is 17.0 Å². The van der Waals surface area contributed by atoms with E-state index in [0.29, 0.717) is 48.9 Å². The lowest BCUT2D eigenvalue weighted by Crippen LogP contribution is -2.50. The number of piperazine rings is 1. The number of hydrogen-bond donors (Lipinski definition) is 1. The lowest BCUT2D eigenvalue weighted by Gasteiger charge is -2.36. The van der Waals surface area contributed by atoms with Crippen molar-refractivity contribution in [3.8, 4) is 0 Å². The van der Waals surface area contributed by atoms with Crippen LogP contribution in [0.3, 0.4) is 0 Å². The van der Waals surface area contributed by atoms with Crippen LogP contribution in [-0.2, 0) is 22.4 Å². The van der Waals surface area contributed by atoms with Crippen LogP contribution in [0, 0.1) is 11.7 Å². The number of carbonyl (C=O) groups excluding carboxylic acids is 3. The van der Waals surface area contributed by atoms with Crippen LogP contribution in [0.15, 0.2) is 36.4 Å². The van der Waals surface area contributed by atoms with E-state index in [2.05, 4.69) is 11.9 Å². The standard InChI is InChI=1S/C28H30FN3O4/c1-17-3-6-24-21(13-17)22-14-20(4-7-25(22)30-24)28(35)36-16-27(34)32-11-9-31(10-12-32)26-8-5-19(18(2)33)15-23(26)29/h4-5,7-8,14-15,17,30H,3,6,9-13,16H2,1-2H3. The maximum absolute atomic E-state index is 14.5. The average Bonchev–Trinajstić information content (AvgIpc) is 3.24. The molecular formula is C28H30FN3O4. The molecule has 1 N–H and O–H groups in total. The Morgan fingerprint density at radius 2 is 1.81 bits per heavy atom. The normalized spacial score (nSPS) is 17.7. The van der Waals surface area contributed by atoms with Gasteiger partial charge in [-0.1, -0.05) is 6.92 Å². The summed E-state index contributed by atoms with van der Waals surface area (Å²) in [6.45, 7) is 4.99. The van der Waals surface area contributed by atoms with Crippen LogP contribution in [-0.4, -0.2) is 60.3 Å². The molecule has 5 rings (SSSR count). The van der Waals surface area contributed by atoms with Crippen molar-refractivity contribution in [2.75, 3.05) is 37.7 Å². The van der Waals surface area contributed by atoms with Gasteiger partial charge in [-0.05, 0) is 74.1 Å². The van der Waals surface area contributed by atoms with Crippen molar-refractivity contribution < 1.29 is 23.5 Å². The number of esters is 1. The molecule has 1 amide bonds. The van der Waals surface area contributed by atoms with Crippen molar-refractivity contribution in [2.45, 2.75) is 33.1 Å². The first-order valence-corrected chi connectivity index (χ1v) is 12.4. The molecule has 36 heavy (non-hydrogen) atoms. The Kier molecular flexibility index (Phi) is 6.51. The number of ether oxygens (including phenoxy) is 1. The Labute approximate surface area is 209 Å². The van der Waals surface area contributed by atoms with Gasteiger partial charge in [-0.25, -0.2) is 9.18 Å². The molecule has 0 bridgehead atoms. The van der Waals surface area contributed by atoms with E-state index >= 15 is 0 Å². The van der Waals surface area contributed by atoms with E-state index in [0.717, 1.165) is 30.2 Å². The van der Waals surface area contributed by atoms with Crippen LogP contribution in [0.2, 0.25) is 0 Å². The number of nitrogens with zero attached hydrogens (tertiary/aromatic N) is 2. The number of H-pyrrole nitrogens is 1. The summed E-state index contributed by atoms with van der Waals surface area (Å²) in [6.07, 6.45) is 3.17. The van der Waals surface area contributed by atoms with Crippen LogP contribution in [0.5, 0.6) is 0 Å². The highest BCUT2D eigenvalue weighted by molar-refractivity contribution is 5.97. The lowest BCUT2D eigenvalue weighted by atomic mass is 9.87. The number of amides is 1. The van der Waals surface area contributed by atoms with Crippen LogP contribution in [0.1, 0.15) is 52.2 Å². The molecule has 1 atom stereocenters. The minimum Gasteiger partial charge on any atom is -0.452 e. The van der Waals surface area contributed by atoms with Gasteiger partial charge in [-0.2, -0.15) is 0 Å². The number of anilines is 1. The van der Waals surface area contributed by atoms with Crippen molar-refractivity contribution in [1.82, 2.24) is 9.88 Å². The topological polar surface area (TPSA) is 82.7 Å². The van der Waals surface area contributed by atoms with Gasteiger partial charge in [-0.15, -0.1) is 0 Å². The summed E-state index contributed by atoms with van der Waals surface area (Å²) < 4.78 is 19.8. The highest BCUT2D eigenvalue weighted by Crippen LogP contribution is 2.32. The first-order valence-electron chi connectivity index (χ1n) is 12.4. The Hall–Kier alpha value is -3.68. The summed E-state index contributed by atoms with van der Waals surface area (Å²) in [5.41, 5.74) is 4.72. The molecule has 1 aliphatic carbocycles. The van der Waals surface area contributed by atoms with E-state index in [-0.39, 0.29) is 18.3 Å². The molecule has 0 saturated carbocycles. The van der Waals surface area contributed by atoms with Crippen molar-refractivity contribution in [3.63, 3.8) is 0 Å². The van der Waals surface area contributed by atoms with Crippen LogP contribution < -0.4 is 4.90 Å². The van der Waals surface area contributed by atoms with Crippen molar-refractivity contribution in [2.24, 2.45) is 5.92 Å². The van der Waals surface area contributed by atoms with Gasteiger partial charge in [0.25, 0.3) is 5.91 Å². The number of aromatic amines is 1. The van der Waals surface area contributed by atoms with E-state index in [9.17, 15) is 18.8 Å². The molecule has 3 aromatic rings. The zero-order valence-corrected chi connectivity index (χ0v) is 20.6. The second-order valence-corrected chi connectivity index (χ2v) is 9.86. The second kappa shape index (κ2) is 9.76. The molecule has 0 spiro atoms. The fourth-order valence-electron chi connectivity index (χ4n) is 5.20. The molecule has 1 saturated heterocycles. The number of hydrogen-bond acceptors (Lipinski definition) is 5. The average molecular weight is 492 g/mol. The summed E-state index contributed by atoms with van der Waals surface area (Å²) in [4.78, 5) is 43.8. The number of benzene rings is 2. The summed E-state index contributed by atoms with van der Waals surface area (Å²) in [5, 5.41) is 1.05. The quantitative estimate of drug-likeness (QED) is 0.429. The monoisotopic (exact) mass is 491 g/mol. The molecule has 0 radical (unpaired) electrons. The molecular weight excluding hydrogens is 461 g/mol. The number of fused-ring (bicyclic) bond motifs is 3. The summed E-state index contributed by atoms with van der Waals surface area (Å²) in [7, 11) is 0. The summed E-state index contributed by atoms with van der Waals surface area (Å²) in [5.74, 6) is -0.819. The number of carbonyl (C=O) groups is 3. The van der Waals surface area contributed by atoms with Gasteiger partial charge in [0.2, 0.25) is 0 Å². The highest BCUT2D eigenvalue weighted by Gasteiger charge is 2.25. The third kappa shape index (κ3) is 4.72. The zero-order chi connectivity index (χ0) is 25.4. The first kappa shape index (κ1) is 24.0. The largest absolute Gasteiger partial charge is 0.452 e. The predicted molar refractivity (Wildman–Crippen MR) is 135 cm³/mol. The third-order valence-corrected chi connectivity index (χ3v) is 7.32. The Morgan fingerprint density at radius 1 is 1.06 bits per heavy atom. The number of halogens is 1. The molecule has 188 valence electrons. The molecule has 8 heteroatoms. The maximum Gasteiger partial charge on any atom is 0.338 e. The summed E-state index contributed by atoms with van der Waals surface area (Å²) >= 11 is 0. The predicted octanol–water partition coefficient (Wildman–Crippen LogP) is 4.14. The van der Waals surface area contributed by atoms with Crippen LogP contribution >= 0.6 is 0 Å². The van der Waals surface area contributed by atoms with Crippen molar-refractivity contribution in [3.05, 3.63) is 64.6 Å². The Bertz CT molecular complexity index is 1340. The minimum atomic E-state index is -0.518. The number of aryl methyl sites for hydroxylation is 1. The van der Waals surface area contributed by atoms with Gasteiger partial charge >= 0.3 is 5.97 Å². The van der Waals surface area contributed by atoms with Crippen LogP contribution in [0.25, 0.3) is 10.9 Å². The van der Waals surface area contributed by atoms with E-state index < -0.39 is 11.8 Å². The molecule has 2 aliphatic rings. The molecule has 1 fully saturated rings. The fourth-order valence-corrected chi connectivity index (χ4v) is 5.20. The smallest absolute Gasteiger partial charge is 0.338 e. The fraction of sp³-hybridized carbons (Fsp3) is 0.393. The van der Waals surface area contributed by atoms with Crippen molar-refractivity contribution in [1.29, 1.82) is 0 Å². The number of rotatable bonds is 5. The van der Waals surface area contributed by atoms with E-state index in [1.54, 1.807) is 23.1 Å². The van der Waals surface area contributed by atoms with E-state index in [1.165, 1.54) is 24.2 Å². The summed E-state index contributed by atoms with van der Waals surface area (Å²) in [6, 6.07) is 9.95. The SMILES string of the molecule is CC(=O)c1ccc(N2CCN(C(=O)COC(=O)c3ccc4[nH]c5c(c4c3)CC(C)CC5)CC2)c(F)c1. The van der Waals surface area contributed by atoms with Gasteiger partial charge in [0, 0.05) is 48.3 Å². The molecule has 1 aliphatic heterocycles. The molecule has 1 unspecified atom stereocenters. The molecule has 1 aromatic heterocycles. The van der Waals surface area contributed by atoms with Crippen LogP contribution in [0.4, 0.5) is 10.1 Å². The maximum atomic E-state index is 14.5. The lowest BCUT2D eigenvalue weighted by molar-refractivity contribution is -0.134. The number of aromatic nitrogens is 1. The van der Waals surface area contributed by atoms with Gasteiger partial charge in [0.15, 0.2) is 12.4 Å². The van der Waals surface area contributed by atoms with Gasteiger partial charge < -0.3 is 19.5 Å². The van der Waals surface area contributed by atoms with Crippen molar-refractivity contribution >= 4 is 34.3 Å². The molecule has 2 heterocycles. The first-order chi connectivity index (χ1) is 17.3. The Balaban J connectivity index is 1.17. The third-order valence-electron chi connectivity index (χ3n) is 7.32. The number of nitrogens with one attached hydrogen (secondary N) is 1. The van der Waals surface area contributed by atoms with Gasteiger partial charge in [0.05, 0.1) is 11.3 Å². The number of Topliss-reactive ketones (excluding diaryl/α,β-unsaturated/α-hetero) is 1. The minimum absolute atomic E-state index is 0.188. The Morgan fingerprint density at radius 3 is 2.53 bits per heavy atom. The van der Waals surface area contributed by atoms with E-state index in [4.69, 9.17) is 4.74 Å². The number of ketones is 1.